The fourth-order valence-electron chi connectivity index (χ4n) is 1.19. The highest BCUT2D eigenvalue weighted by molar-refractivity contribution is 9.09. The SMILES string of the molecule is CC(CCCBr)NC(=O)c1ccc(Cl)s1. The first-order valence-corrected chi connectivity index (χ1v) is 7.07. The van der Waals surface area contributed by atoms with Crippen molar-refractivity contribution in [2.75, 3.05) is 5.33 Å². The molecule has 84 valence electrons. The normalized spacial score (nSPS) is 12.5. The van der Waals surface area contributed by atoms with Crippen LogP contribution >= 0.6 is 38.9 Å². The van der Waals surface area contributed by atoms with Gasteiger partial charge < -0.3 is 5.32 Å². The highest BCUT2D eigenvalue weighted by atomic mass is 79.9. The average molecular weight is 311 g/mol. The van der Waals surface area contributed by atoms with E-state index in [1.807, 2.05) is 6.92 Å². The first-order chi connectivity index (χ1) is 7.13. The molecule has 0 aliphatic rings. The van der Waals surface area contributed by atoms with E-state index in [1.54, 1.807) is 12.1 Å². The first kappa shape index (κ1) is 13.0. The number of hydrogen-bond donors (Lipinski definition) is 1. The standard InChI is InChI=1S/C10H13BrClNOS/c1-7(3-2-6-11)13-10(14)8-4-5-9(12)15-8/h4-5,7H,2-3,6H2,1H3,(H,13,14). The molecule has 1 aromatic rings. The minimum atomic E-state index is -0.0334. The Morgan fingerprint density at radius 3 is 2.93 bits per heavy atom. The van der Waals surface area contributed by atoms with Crippen molar-refractivity contribution in [3.63, 3.8) is 0 Å². The molecule has 0 saturated carbocycles. The van der Waals surface area contributed by atoms with Crippen LogP contribution < -0.4 is 5.32 Å². The van der Waals surface area contributed by atoms with Gasteiger partial charge in [0.25, 0.3) is 5.91 Å². The van der Waals surface area contributed by atoms with E-state index in [-0.39, 0.29) is 11.9 Å². The molecule has 0 spiro atoms. The minimum Gasteiger partial charge on any atom is -0.349 e. The van der Waals surface area contributed by atoms with Gasteiger partial charge in [-0.25, -0.2) is 0 Å². The van der Waals surface area contributed by atoms with E-state index in [0.29, 0.717) is 9.21 Å². The number of amides is 1. The summed E-state index contributed by atoms with van der Waals surface area (Å²) in [5, 5.41) is 3.91. The number of halogens is 2. The highest BCUT2D eigenvalue weighted by Crippen LogP contribution is 2.21. The molecule has 0 saturated heterocycles. The third-order valence-electron chi connectivity index (χ3n) is 1.95. The number of carbonyl (C=O) groups excluding carboxylic acids is 1. The smallest absolute Gasteiger partial charge is 0.261 e. The van der Waals surface area contributed by atoms with Crippen molar-refractivity contribution in [1.82, 2.24) is 5.32 Å². The van der Waals surface area contributed by atoms with Crippen LogP contribution in [0.4, 0.5) is 0 Å². The van der Waals surface area contributed by atoms with Gasteiger partial charge in [0.2, 0.25) is 0 Å². The lowest BCUT2D eigenvalue weighted by Crippen LogP contribution is -2.31. The highest BCUT2D eigenvalue weighted by Gasteiger charge is 2.11. The topological polar surface area (TPSA) is 29.1 Å². The first-order valence-electron chi connectivity index (χ1n) is 4.75. The van der Waals surface area contributed by atoms with Gasteiger partial charge in [0.1, 0.15) is 0 Å². The fourth-order valence-corrected chi connectivity index (χ4v) is 2.46. The van der Waals surface area contributed by atoms with Crippen LogP contribution in [0.5, 0.6) is 0 Å². The van der Waals surface area contributed by atoms with Crippen molar-refractivity contribution in [2.45, 2.75) is 25.8 Å². The molecule has 1 rings (SSSR count). The molecular formula is C10H13BrClNOS. The van der Waals surface area contributed by atoms with Crippen LogP contribution in [0.25, 0.3) is 0 Å². The predicted octanol–water partition coefficient (Wildman–Crippen LogP) is 3.69. The number of hydrogen-bond acceptors (Lipinski definition) is 2. The van der Waals surface area contributed by atoms with Gasteiger partial charge in [0.15, 0.2) is 0 Å². The van der Waals surface area contributed by atoms with Gasteiger partial charge in [-0.2, -0.15) is 0 Å². The van der Waals surface area contributed by atoms with Crippen LogP contribution in [0.1, 0.15) is 29.4 Å². The molecule has 1 amide bonds. The number of rotatable bonds is 5. The maximum atomic E-state index is 11.7. The molecule has 0 aliphatic carbocycles. The Balaban J connectivity index is 2.42. The van der Waals surface area contributed by atoms with E-state index in [2.05, 4.69) is 21.2 Å². The molecular weight excluding hydrogens is 298 g/mol. The van der Waals surface area contributed by atoms with Crippen molar-refractivity contribution in [2.24, 2.45) is 0 Å². The minimum absolute atomic E-state index is 0.0334. The quantitative estimate of drug-likeness (QED) is 0.826. The fraction of sp³-hybridized carbons (Fsp3) is 0.500. The van der Waals surface area contributed by atoms with E-state index in [1.165, 1.54) is 11.3 Å². The Bertz CT molecular complexity index is 329. The van der Waals surface area contributed by atoms with Crippen molar-refractivity contribution >= 4 is 44.8 Å². The van der Waals surface area contributed by atoms with Crippen molar-refractivity contribution in [1.29, 1.82) is 0 Å². The summed E-state index contributed by atoms with van der Waals surface area (Å²) >= 11 is 10.4. The Morgan fingerprint density at radius 1 is 1.67 bits per heavy atom. The van der Waals surface area contributed by atoms with E-state index in [4.69, 9.17) is 11.6 Å². The second-order valence-corrected chi connectivity index (χ2v) is 5.82. The zero-order valence-electron chi connectivity index (χ0n) is 8.43. The second kappa shape index (κ2) is 6.51. The van der Waals surface area contributed by atoms with Gasteiger partial charge >= 0.3 is 0 Å². The van der Waals surface area contributed by atoms with Gasteiger partial charge in [-0.15, -0.1) is 11.3 Å². The average Bonchev–Trinajstić information content (AvgIpc) is 2.61. The van der Waals surface area contributed by atoms with Crippen LogP contribution in [-0.4, -0.2) is 17.3 Å². The van der Waals surface area contributed by atoms with Crippen LogP contribution in [0, 0.1) is 0 Å². The lowest BCUT2D eigenvalue weighted by Gasteiger charge is -2.11. The summed E-state index contributed by atoms with van der Waals surface area (Å²) in [6, 6.07) is 3.69. The van der Waals surface area contributed by atoms with E-state index in [9.17, 15) is 4.79 Å². The van der Waals surface area contributed by atoms with E-state index < -0.39 is 0 Å². The molecule has 15 heavy (non-hydrogen) atoms. The van der Waals surface area contributed by atoms with E-state index >= 15 is 0 Å². The zero-order chi connectivity index (χ0) is 11.3. The second-order valence-electron chi connectivity index (χ2n) is 3.31. The Morgan fingerprint density at radius 2 is 2.40 bits per heavy atom. The van der Waals surface area contributed by atoms with Gasteiger partial charge in [0.05, 0.1) is 9.21 Å². The summed E-state index contributed by atoms with van der Waals surface area (Å²) in [5.74, 6) is -0.0334. The molecule has 1 atom stereocenters. The molecule has 0 radical (unpaired) electrons. The monoisotopic (exact) mass is 309 g/mol. The number of carbonyl (C=O) groups is 1. The summed E-state index contributed by atoms with van der Waals surface area (Å²) in [6.07, 6.45) is 2.04. The summed E-state index contributed by atoms with van der Waals surface area (Å²) in [7, 11) is 0. The number of alkyl halides is 1. The van der Waals surface area contributed by atoms with Crippen LogP contribution in [0.2, 0.25) is 4.34 Å². The maximum Gasteiger partial charge on any atom is 0.261 e. The molecule has 5 heteroatoms. The molecule has 1 aromatic heterocycles. The third kappa shape index (κ3) is 4.53. The Hall–Kier alpha value is -0.0600. The third-order valence-corrected chi connectivity index (χ3v) is 3.74. The zero-order valence-corrected chi connectivity index (χ0v) is 11.6. The molecule has 0 aromatic carbocycles. The van der Waals surface area contributed by atoms with Crippen LogP contribution in [0.3, 0.4) is 0 Å². The summed E-state index contributed by atoms with van der Waals surface area (Å²) in [5.41, 5.74) is 0. The summed E-state index contributed by atoms with van der Waals surface area (Å²) < 4.78 is 0.647. The van der Waals surface area contributed by atoms with Crippen molar-refractivity contribution in [3.05, 3.63) is 21.3 Å². The molecule has 0 bridgehead atoms. The van der Waals surface area contributed by atoms with Crippen LogP contribution in [-0.2, 0) is 0 Å². The van der Waals surface area contributed by atoms with Gasteiger partial charge in [0, 0.05) is 11.4 Å². The molecule has 0 aliphatic heterocycles. The summed E-state index contributed by atoms with van der Waals surface area (Å²) in [4.78, 5) is 12.3. The Kier molecular flexibility index (Phi) is 5.64. The largest absolute Gasteiger partial charge is 0.349 e. The lowest BCUT2D eigenvalue weighted by molar-refractivity contribution is 0.0942. The van der Waals surface area contributed by atoms with E-state index in [0.717, 1.165) is 18.2 Å². The predicted molar refractivity (Wildman–Crippen MR) is 69.3 cm³/mol. The van der Waals surface area contributed by atoms with Gasteiger partial charge in [-0.1, -0.05) is 27.5 Å². The van der Waals surface area contributed by atoms with Crippen molar-refractivity contribution < 1.29 is 4.79 Å². The molecule has 2 nitrogen and oxygen atoms in total. The van der Waals surface area contributed by atoms with Gasteiger partial charge in [-0.3, -0.25) is 4.79 Å². The molecule has 0 fully saturated rings. The maximum absolute atomic E-state index is 11.7. The van der Waals surface area contributed by atoms with Gasteiger partial charge in [-0.05, 0) is 31.9 Å². The van der Waals surface area contributed by atoms with Crippen molar-refractivity contribution in [3.8, 4) is 0 Å². The number of thiophene rings is 1. The summed E-state index contributed by atoms with van der Waals surface area (Å²) in [6.45, 7) is 2.01. The molecule has 1 N–H and O–H groups in total. The Labute approximate surface area is 107 Å². The molecule has 1 unspecified atom stereocenters. The van der Waals surface area contributed by atoms with Crippen LogP contribution in [0.15, 0.2) is 12.1 Å². The number of nitrogens with one attached hydrogen (secondary N) is 1. The lowest BCUT2D eigenvalue weighted by atomic mass is 10.2. The molecule has 1 heterocycles.